The lowest BCUT2D eigenvalue weighted by Gasteiger charge is -2.08. The monoisotopic (exact) mass is 264 g/mol. The molecule has 2 rings (SSSR count). The molecular formula is C13H10F2N2S. The SMILES string of the molecule is NC(=S)c1ccc(Nc2cc(F)ccc2F)cc1. The van der Waals surface area contributed by atoms with Crippen LogP contribution in [0.2, 0.25) is 0 Å². The Hall–Kier alpha value is -2.01. The van der Waals surface area contributed by atoms with Gasteiger partial charge in [-0.25, -0.2) is 8.78 Å². The first-order valence-corrected chi connectivity index (χ1v) is 5.59. The summed E-state index contributed by atoms with van der Waals surface area (Å²) < 4.78 is 26.4. The van der Waals surface area contributed by atoms with Gasteiger partial charge in [-0.05, 0) is 36.4 Å². The Kier molecular flexibility index (Phi) is 3.53. The second-order valence-corrected chi connectivity index (χ2v) is 4.13. The van der Waals surface area contributed by atoms with Crippen molar-refractivity contribution in [3.05, 3.63) is 59.7 Å². The first-order valence-electron chi connectivity index (χ1n) is 5.18. The lowest BCUT2D eigenvalue weighted by Crippen LogP contribution is -2.08. The fourth-order valence-electron chi connectivity index (χ4n) is 1.47. The minimum Gasteiger partial charge on any atom is -0.389 e. The van der Waals surface area contributed by atoms with E-state index >= 15 is 0 Å². The Balaban J connectivity index is 2.23. The topological polar surface area (TPSA) is 38.0 Å². The number of nitrogens with two attached hydrogens (primary N) is 1. The van der Waals surface area contributed by atoms with Gasteiger partial charge in [0.15, 0.2) is 0 Å². The normalized spacial score (nSPS) is 10.1. The van der Waals surface area contributed by atoms with Gasteiger partial charge in [0, 0.05) is 17.3 Å². The van der Waals surface area contributed by atoms with E-state index in [1.807, 2.05) is 0 Å². The number of rotatable bonds is 3. The number of thiocarbonyl (C=S) groups is 1. The average Bonchev–Trinajstić information content (AvgIpc) is 2.34. The largest absolute Gasteiger partial charge is 0.389 e. The summed E-state index contributed by atoms with van der Waals surface area (Å²) >= 11 is 4.82. The Bertz CT molecular complexity index is 582. The molecule has 0 bridgehead atoms. The second-order valence-electron chi connectivity index (χ2n) is 3.69. The fraction of sp³-hybridized carbons (Fsp3) is 0. The Morgan fingerprint density at radius 1 is 1.06 bits per heavy atom. The molecule has 0 unspecified atom stereocenters. The average molecular weight is 264 g/mol. The molecule has 18 heavy (non-hydrogen) atoms. The zero-order chi connectivity index (χ0) is 13.1. The molecule has 2 nitrogen and oxygen atoms in total. The van der Waals surface area contributed by atoms with E-state index in [1.165, 1.54) is 0 Å². The van der Waals surface area contributed by atoms with Crippen molar-refractivity contribution in [3.8, 4) is 0 Å². The summed E-state index contributed by atoms with van der Waals surface area (Å²) in [6.45, 7) is 0. The van der Waals surface area contributed by atoms with Gasteiger partial charge in [-0.3, -0.25) is 0 Å². The number of benzene rings is 2. The molecule has 2 aromatic rings. The van der Waals surface area contributed by atoms with Gasteiger partial charge in [0.2, 0.25) is 0 Å². The molecule has 92 valence electrons. The van der Waals surface area contributed by atoms with Gasteiger partial charge in [0.1, 0.15) is 16.6 Å². The maximum atomic E-state index is 13.4. The number of hydrogen-bond donors (Lipinski definition) is 2. The van der Waals surface area contributed by atoms with Crippen molar-refractivity contribution >= 4 is 28.6 Å². The first-order chi connectivity index (χ1) is 8.56. The summed E-state index contributed by atoms with van der Waals surface area (Å²) in [7, 11) is 0. The molecule has 0 aliphatic rings. The molecule has 0 amide bonds. The van der Waals surface area contributed by atoms with Crippen LogP contribution >= 0.6 is 12.2 Å². The highest BCUT2D eigenvalue weighted by Gasteiger charge is 2.04. The summed E-state index contributed by atoms with van der Waals surface area (Å²) in [4.78, 5) is 0.290. The molecular weight excluding hydrogens is 254 g/mol. The van der Waals surface area contributed by atoms with Crippen LogP contribution in [0.3, 0.4) is 0 Å². The van der Waals surface area contributed by atoms with Crippen molar-refractivity contribution in [3.63, 3.8) is 0 Å². The van der Waals surface area contributed by atoms with Crippen LogP contribution in [-0.2, 0) is 0 Å². The molecule has 0 spiro atoms. The fourth-order valence-corrected chi connectivity index (χ4v) is 1.60. The summed E-state index contributed by atoms with van der Waals surface area (Å²) in [5.41, 5.74) is 6.89. The van der Waals surface area contributed by atoms with E-state index in [4.69, 9.17) is 18.0 Å². The van der Waals surface area contributed by atoms with Gasteiger partial charge in [-0.2, -0.15) is 0 Å². The standard InChI is InChI=1S/C13H10F2N2S/c14-9-3-6-11(15)12(7-9)17-10-4-1-8(2-5-10)13(16)18/h1-7,17H,(H2,16,18). The van der Waals surface area contributed by atoms with Crippen LogP contribution in [-0.4, -0.2) is 4.99 Å². The summed E-state index contributed by atoms with van der Waals surface area (Å²) in [5.74, 6) is -1.02. The predicted octanol–water partition coefficient (Wildman–Crippen LogP) is 3.34. The molecule has 0 atom stereocenters. The van der Waals surface area contributed by atoms with Gasteiger partial charge in [0.25, 0.3) is 0 Å². The van der Waals surface area contributed by atoms with E-state index in [2.05, 4.69) is 5.32 Å². The highest BCUT2D eigenvalue weighted by molar-refractivity contribution is 7.80. The Morgan fingerprint density at radius 3 is 2.33 bits per heavy atom. The van der Waals surface area contributed by atoms with E-state index in [-0.39, 0.29) is 5.69 Å². The van der Waals surface area contributed by atoms with Crippen molar-refractivity contribution in [1.29, 1.82) is 0 Å². The summed E-state index contributed by atoms with van der Waals surface area (Å²) in [6.07, 6.45) is 0. The molecule has 2 aromatic carbocycles. The van der Waals surface area contributed by atoms with E-state index in [0.29, 0.717) is 10.7 Å². The highest BCUT2D eigenvalue weighted by Crippen LogP contribution is 2.21. The van der Waals surface area contributed by atoms with Gasteiger partial charge in [-0.15, -0.1) is 0 Å². The third-order valence-electron chi connectivity index (χ3n) is 2.38. The second kappa shape index (κ2) is 5.10. The van der Waals surface area contributed by atoms with Crippen LogP contribution < -0.4 is 11.1 Å². The van der Waals surface area contributed by atoms with Crippen LogP contribution in [0.5, 0.6) is 0 Å². The molecule has 0 saturated carbocycles. The van der Waals surface area contributed by atoms with E-state index in [9.17, 15) is 8.78 Å². The van der Waals surface area contributed by atoms with Crippen LogP contribution in [0.15, 0.2) is 42.5 Å². The van der Waals surface area contributed by atoms with Crippen molar-refractivity contribution < 1.29 is 8.78 Å². The van der Waals surface area contributed by atoms with E-state index in [1.54, 1.807) is 24.3 Å². The minimum atomic E-state index is -0.519. The zero-order valence-electron chi connectivity index (χ0n) is 9.28. The quantitative estimate of drug-likeness (QED) is 0.835. The Morgan fingerprint density at radius 2 is 1.72 bits per heavy atom. The molecule has 0 aliphatic heterocycles. The van der Waals surface area contributed by atoms with Crippen molar-refractivity contribution in [2.45, 2.75) is 0 Å². The predicted molar refractivity (Wildman–Crippen MR) is 72.0 cm³/mol. The van der Waals surface area contributed by atoms with Gasteiger partial charge < -0.3 is 11.1 Å². The number of halogens is 2. The summed E-state index contributed by atoms with van der Waals surface area (Å²) in [6, 6.07) is 10.0. The number of anilines is 2. The van der Waals surface area contributed by atoms with Gasteiger partial charge >= 0.3 is 0 Å². The zero-order valence-corrected chi connectivity index (χ0v) is 10.1. The van der Waals surface area contributed by atoms with E-state index in [0.717, 1.165) is 23.8 Å². The smallest absolute Gasteiger partial charge is 0.146 e. The maximum absolute atomic E-state index is 13.4. The number of nitrogens with one attached hydrogen (secondary N) is 1. The van der Waals surface area contributed by atoms with Crippen molar-refractivity contribution in [1.82, 2.24) is 0 Å². The van der Waals surface area contributed by atoms with Crippen LogP contribution in [0.25, 0.3) is 0 Å². The van der Waals surface area contributed by atoms with Crippen molar-refractivity contribution in [2.24, 2.45) is 5.73 Å². The van der Waals surface area contributed by atoms with Crippen LogP contribution in [0.4, 0.5) is 20.2 Å². The van der Waals surface area contributed by atoms with Crippen molar-refractivity contribution in [2.75, 3.05) is 5.32 Å². The molecule has 0 aromatic heterocycles. The Labute approximate surface area is 108 Å². The highest BCUT2D eigenvalue weighted by atomic mass is 32.1. The van der Waals surface area contributed by atoms with Gasteiger partial charge in [0.05, 0.1) is 5.69 Å². The third-order valence-corrected chi connectivity index (χ3v) is 2.61. The third kappa shape index (κ3) is 2.81. The van der Waals surface area contributed by atoms with Gasteiger partial charge in [-0.1, -0.05) is 12.2 Å². The molecule has 5 heteroatoms. The minimum absolute atomic E-state index is 0.0816. The first kappa shape index (κ1) is 12.4. The molecule has 3 N–H and O–H groups in total. The van der Waals surface area contributed by atoms with Crippen LogP contribution in [0.1, 0.15) is 5.56 Å². The molecule has 0 radical (unpaired) electrons. The summed E-state index contributed by atoms with van der Waals surface area (Å²) in [5, 5.41) is 2.78. The lowest BCUT2D eigenvalue weighted by molar-refractivity contribution is 0.603. The molecule has 0 aliphatic carbocycles. The molecule has 0 fully saturated rings. The number of hydrogen-bond acceptors (Lipinski definition) is 2. The molecule has 0 saturated heterocycles. The molecule has 0 heterocycles. The lowest BCUT2D eigenvalue weighted by atomic mass is 10.2. The maximum Gasteiger partial charge on any atom is 0.146 e. The van der Waals surface area contributed by atoms with E-state index < -0.39 is 11.6 Å². The van der Waals surface area contributed by atoms with Crippen LogP contribution in [0, 0.1) is 11.6 Å².